The summed E-state index contributed by atoms with van der Waals surface area (Å²) >= 11 is 0. The second-order valence-electron chi connectivity index (χ2n) is 11.1. The van der Waals surface area contributed by atoms with E-state index in [1.807, 2.05) is 24.3 Å². The van der Waals surface area contributed by atoms with Gasteiger partial charge in [-0.3, -0.25) is 0 Å². The van der Waals surface area contributed by atoms with Crippen molar-refractivity contribution in [2.24, 2.45) is 5.73 Å². The molecule has 0 bridgehead atoms. The van der Waals surface area contributed by atoms with Crippen molar-refractivity contribution in [2.45, 2.75) is 13.3 Å². The Kier molecular flexibility index (Phi) is 10.4. The number of hydrogen-bond donors (Lipinski definition) is 3. The van der Waals surface area contributed by atoms with Gasteiger partial charge in [0.15, 0.2) is 0 Å². The molecule has 46 heavy (non-hydrogen) atoms. The smallest absolute Gasteiger partial charge is 0.0470 e. The molecule has 0 aliphatic heterocycles. The number of hydrogen-bond acceptors (Lipinski definition) is 3. The van der Waals surface area contributed by atoms with E-state index >= 15 is 0 Å². The Hall–Kier alpha value is -5.93. The largest absolute Gasteiger partial charge is 0.405 e. The number of allylic oxidation sites excluding steroid dienone is 8. The second-order valence-corrected chi connectivity index (χ2v) is 11.1. The SMILES string of the molecule is C=C/C=C(\C=N)c1ccc(C)c(/C=C\C(=C)c2ccc(-c3ccc(C/C=C\C=C/N)cc3)cc2Nc2cccc3ccccc23)c1. The van der Waals surface area contributed by atoms with Crippen LogP contribution in [0.15, 0.2) is 159 Å². The first-order valence-corrected chi connectivity index (χ1v) is 15.3. The first kappa shape index (κ1) is 31.5. The van der Waals surface area contributed by atoms with Gasteiger partial charge in [0.05, 0.1) is 0 Å². The summed E-state index contributed by atoms with van der Waals surface area (Å²) < 4.78 is 0. The summed E-state index contributed by atoms with van der Waals surface area (Å²) in [6.07, 6.45) is 17.4. The van der Waals surface area contributed by atoms with E-state index in [4.69, 9.17) is 11.1 Å². The lowest BCUT2D eigenvalue weighted by molar-refractivity contribution is 1.27. The molecule has 0 atom stereocenters. The van der Waals surface area contributed by atoms with Gasteiger partial charge in [0.1, 0.15) is 0 Å². The number of nitrogens with one attached hydrogen (secondary N) is 2. The van der Waals surface area contributed by atoms with Crippen molar-refractivity contribution in [1.82, 2.24) is 0 Å². The molecule has 5 rings (SSSR count). The molecule has 5 aromatic rings. The van der Waals surface area contributed by atoms with Gasteiger partial charge in [0, 0.05) is 28.5 Å². The maximum absolute atomic E-state index is 7.82. The maximum atomic E-state index is 7.82. The number of nitrogens with two attached hydrogens (primary N) is 1. The average Bonchev–Trinajstić information content (AvgIpc) is 3.09. The van der Waals surface area contributed by atoms with Crippen LogP contribution in [0.25, 0.3) is 39.1 Å². The second kappa shape index (κ2) is 15.2. The fourth-order valence-corrected chi connectivity index (χ4v) is 5.40. The standard InChI is InChI=1S/C43H39N3/c1-4-11-39(30-45)37-22-17-31(2)36(28-37)21-18-32(3)40-26-25-38(34-23-19-33(20-24-34)12-6-5-9-27-44)29-43(40)46-42-16-10-14-35-13-7-8-15-41(35)42/h4-11,13-30,45-46H,1,3,12,44H2,2H3/b6-5-,21-18-,27-9-,39-11+,45-30?. The molecule has 0 unspecified atom stereocenters. The molecule has 0 aliphatic carbocycles. The Labute approximate surface area is 272 Å². The number of anilines is 2. The van der Waals surface area contributed by atoms with Crippen LogP contribution in [-0.4, -0.2) is 6.21 Å². The van der Waals surface area contributed by atoms with E-state index in [9.17, 15) is 0 Å². The number of fused-ring (bicyclic) bond motifs is 1. The van der Waals surface area contributed by atoms with E-state index in [1.54, 1.807) is 6.08 Å². The minimum atomic E-state index is 0.814. The van der Waals surface area contributed by atoms with Crippen LogP contribution in [0, 0.1) is 12.3 Å². The lowest BCUT2D eigenvalue weighted by Gasteiger charge is -2.16. The van der Waals surface area contributed by atoms with Crippen molar-refractivity contribution in [3.05, 3.63) is 187 Å². The highest BCUT2D eigenvalue weighted by molar-refractivity contribution is 6.09. The number of aryl methyl sites for hydroxylation is 1. The maximum Gasteiger partial charge on any atom is 0.0470 e. The summed E-state index contributed by atoms with van der Waals surface area (Å²) in [6.45, 7) is 10.4. The summed E-state index contributed by atoms with van der Waals surface area (Å²) in [5.74, 6) is 0. The quantitative estimate of drug-likeness (QED) is 0.0989. The average molecular weight is 598 g/mol. The third-order valence-corrected chi connectivity index (χ3v) is 7.95. The normalized spacial score (nSPS) is 11.9. The van der Waals surface area contributed by atoms with Crippen LogP contribution < -0.4 is 11.1 Å². The Morgan fingerprint density at radius 2 is 1.63 bits per heavy atom. The van der Waals surface area contributed by atoms with E-state index < -0.39 is 0 Å². The highest BCUT2D eigenvalue weighted by Gasteiger charge is 2.11. The predicted octanol–water partition coefficient (Wildman–Crippen LogP) is 11.1. The van der Waals surface area contributed by atoms with Gasteiger partial charge in [0.2, 0.25) is 0 Å². The molecule has 0 saturated carbocycles. The van der Waals surface area contributed by atoms with E-state index in [2.05, 4.69) is 141 Å². The molecular weight excluding hydrogens is 558 g/mol. The van der Waals surface area contributed by atoms with Crippen molar-refractivity contribution < 1.29 is 0 Å². The molecule has 0 fully saturated rings. The fraction of sp³-hybridized carbons (Fsp3) is 0.0465. The van der Waals surface area contributed by atoms with Gasteiger partial charge in [0.25, 0.3) is 0 Å². The molecule has 0 saturated heterocycles. The molecule has 0 amide bonds. The van der Waals surface area contributed by atoms with Gasteiger partial charge >= 0.3 is 0 Å². The summed E-state index contributed by atoms with van der Waals surface area (Å²) in [5, 5.41) is 13.9. The molecule has 3 nitrogen and oxygen atoms in total. The molecule has 4 N–H and O–H groups in total. The molecule has 5 aromatic carbocycles. The van der Waals surface area contributed by atoms with Crippen LogP contribution in [0.3, 0.4) is 0 Å². The summed E-state index contributed by atoms with van der Waals surface area (Å²) in [5.41, 5.74) is 16.9. The summed E-state index contributed by atoms with van der Waals surface area (Å²) in [4.78, 5) is 0. The molecule has 0 heterocycles. The highest BCUT2D eigenvalue weighted by atomic mass is 14.9. The first-order chi connectivity index (χ1) is 22.5. The van der Waals surface area contributed by atoms with Crippen LogP contribution in [0.2, 0.25) is 0 Å². The zero-order valence-electron chi connectivity index (χ0n) is 26.2. The van der Waals surface area contributed by atoms with Gasteiger partial charge in [-0.25, -0.2) is 0 Å². The van der Waals surface area contributed by atoms with Gasteiger partial charge in [-0.05, 0) is 93.7 Å². The van der Waals surface area contributed by atoms with Crippen LogP contribution in [0.5, 0.6) is 0 Å². The van der Waals surface area contributed by atoms with Crippen molar-refractivity contribution in [3.8, 4) is 11.1 Å². The first-order valence-electron chi connectivity index (χ1n) is 15.3. The van der Waals surface area contributed by atoms with Gasteiger partial charge in [-0.15, -0.1) is 0 Å². The summed E-state index contributed by atoms with van der Waals surface area (Å²) in [7, 11) is 0. The third kappa shape index (κ3) is 7.58. The lowest BCUT2D eigenvalue weighted by Crippen LogP contribution is -1.97. The minimum Gasteiger partial charge on any atom is -0.405 e. The van der Waals surface area contributed by atoms with Gasteiger partial charge < -0.3 is 16.5 Å². The van der Waals surface area contributed by atoms with E-state index in [-0.39, 0.29) is 0 Å². The van der Waals surface area contributed by atoms with Gasteiger partial charge in [-0.1, -0.05) is 135 Å². The molecule has 3 heteroatoms. The predicted molar refractivity (Wildman–Crippen MR) is 201 cm³/mol. The van der Waals surface area contributed by atoms with Crippen molar-refractivity contribution in [1.29, 1.82) is 5.41 Å². The van der Waals surface area contributed by atoms with Crippen LogP contribution in [-0.2, 0) is 6.42 Å². The monoisotopic (exact) mass is 597 g/mol. The minimum absolute atomic E-state index is 0.814. The zero-order valence-corrected chi connectivity index (χ0v) is 26.2. The van der Waals surface area contributed by atoms with Gasteiger partial charge in [-0.2, -0.15) is 0 Å². The Balaban J connectivity index is 1.51. The molecular formula is C43H39N3. The Bertz CT molecular complexity index is 2000. The lowest BCUT2D eigenvalue weighted by atomic mass is 9.96. The van der Waals surface area contributed by atoms with Crippen molar-refractivity contribution >= 4 is 45.6 Å². The summed E-state index contributed by atoms with van der Waals surface area (Å²) in [6, 6.07) is 36.2. The highest BCUT2D eigenvalue weighted by Crippen LogP contribution is 2.35. The fourth-order valence-electron chi connectivity index (χ4n) is 5.40. The zero-order chi connectivity index (χ0) is 32.3. The molecule has 0 aromatic heterocycles. The van der Waals surface area contributed by atoms with Crippen LogP contribution in [0.4, 0.5) is 11.4 Å². The third-order valence-electron chi connectivity index (χ3n) is 7.95. The molecule has 0 spiro atoms. The van der Waals surface area contributed by atoms with Crippen LogP contribution >= 0.6 is 0 Å². The van der Waals surface area contributed by atoms with Crippen molar-refractivity contribution in [2.75, 3.05) is 5.32 Å². The molecule has 0 aliphatic rings. The van der Waals surface area contributed by atoms with E-state index in [1.165, 1.54) is 23.4 Å². The Morgan fingerprint density at radius 3 is 2.41 bits per heavy atom. The molecule has 226 valence electrons. The number of rotatable bonds is 12. The van der Waals surface area contributed by atoms with Crippen molar-refractivity contribution in [3.63, 3.8) is 0 Å². The molecule has 0 radical (unpaired) electrons. The van der Waals surface area contributed by atoms with E-state index in [0.717, 1.165) is 67.7 Å². The topological polar surface area (TPSA) is 61.9 Å². The Morgan fingerprint density at radius 1 is 0.848 bits per heavy atom. The number of benzene rings is 5. The van der Waals surface area contributed by atoms with E-state index in [0.29, 0.717) is 0 Å². The van der Waals surface area contributed by atoms with Crippen LogP contribution in [0.1, 0.15) is 27.8 Å².